The highest BCUT2D eigenvalue weighted by molar-refractivity contribution is 7.11. The Morgan fingerprint density at radius 1 is 1.44 bits per heavy atom. The minimum atomic E-state index is -1.27. The monoisotopic (exact) mass is 271 g/mol. The topological polar surface area (TPSA) is 121 Å². The van der Waals surface area contributed by atoms with Crippen LogP contribution in [-0.4, -0.2) is 33.3 Å². The molecule has 1 amide bonds. The molecule has 0 radical (unpaired) electrons. The molecule has 0 saturated heterocycles. The molecule has 0 bridgehead atoms. The Kier molecular flexibility index (Phi) is 5.02. The van der Waals surface area contributed by atoms with Gasteiger partial charge >= 0.3 is 5.97 Å². The van der Waals surface area contributed by atoms with Crippen molar-refractivity contribution in [2.45, 2.75) is 18.6 Å². The Balaban J connectivity index is 2.72. The minimum Gasteiger partial charge on any atom is -0.478 e. The number of carboxylic acids is 1. The zero-order valence-electron chi connectivity index (χ0n) is 9.31. The molecule has 0 aliphatic heterocycles. The number of aliphatic carboxylic acids is 1. The lowest BCUT2D eigenvalue weighted by molar-refractivity contribution is -0.131. The molecule has 6 nitrogen and oxygen atoms in total. The summed E-state index contributed by atoms with van der Waals surface area (Å²) in [6, 6.07) is 1.54. The summed E-state index contributed by atoms with van der Waals surface area (Å²) in [6.45, 7) is 0. The van der Waals surface area contributed by atoms with Crippen LogP contribution in [0.2, 0.25) is 0 Å². The van der Waals surface area contributed by atoms with Crippen molar-refractivity contribution >= 4 is 29.3 Å². The summed E-state index contributed by atoms with van der Waals surface area (Å²) in [5, 5.41) is 29.3. The number of nitrogens with two attached hydrogens (primary N) is 1. The molecule has 0 aliphatic carbocycles. The van der Waals surface area contributed by atoms with Crippen LogP contribution in [0.3, 0.4) is 0 Å². The van der Waals surface area contributed by atoms with Crippen molar-refractivity contribution in [3.63, 3.8) is 0 Å². The minimum absolute atomic E-state index is 0.336. The van der Waals surface area contributed by atoms with Gasteiger partial charge in [-0.2, -0.15) is 0 Å². The summed E-state index contributed by atoms with van der Waals surface area (Å²) in [5.41, 5.74) is 5.33. The summed E-state index contributed by atoms with van der Waals surface area (Å²) < 4.78 is 0. The van der Waals surface area contributed by atoms with Gasteiger partial charge in [0.15, 0.2) is 0 Å². The molecule has 0 aromatic carbocycles. The third kappa shape index (κ3) is 4.28. The highest BCUT2D eigenvalue weighted by Gasteiger charge is 2.21. The number of thiophene rings is 1. The molecule has 1 aromatic heterocycles. The van der Waals surface area contributed by atoms with E-state index >= 15 is 0 Å². The summed E-state index contributed by atoms with van der Waals surface area (Å²) >= 11 is 1.22. The second-order valence-corrected chi connectivity index (χ2v) is 4.58. The second kappa shape index (κ2) is 6.29. The highest BCUT2D eigenvalue weighted by Crippen LogP contribution is 2.25. The molecule has 1 rings (SSSR count). The average molecular weight is 271 g/mol. The Bertz CT molecular complexity index is 468. The lowest BCUT2D eigenvalue weighted by Gasteiger charge is -2.14. The van der Waals surface area contributed by atoms with Crippen molar-refractivity contribution in [2.75, 3.05) is 0 Å². The lowest BCUT2D eigenvalue weighted by atomic mass is 10.0. The van der Waals surface area contributed by atoms with E-state index in [1.807, 2.05) is 0 Å². The lowest BCUT2D eigenvalue weighted by Crippen LogP contribution is -2.25. The van der Waals surface area contributed by atoms with Crippen LogP contribution in [0.15, 0.2) is 17.5 Å². The largest absolute Gasteiger partial charge is 0.478 e. The van der Waals surface area contributed by atoms with Gasteiger partial charge in [0.05, 0.1) is 12.5 Å². The van der Waals surface area contributed by atoms with E-state index in [-0.39, 0.29) is 6.42 Å². The van der Waals surface area contributed by atoms with Crippen molar-refractivity contribution in [1.29, 1.82) is 0 Å². The molecule has 5 N–H and O–H groups in total. The number of rotatable bonds is 6. The molecule has 98 valence electrons. The molecular weight excluding hydrogens is 258 g/mol. The molecule has 0 spiro atoms. The zero-order chi connectivity index (χ0) is 13.7. The van der Waals surface area contributed by atoms with Gasteiger partial charge in [0.2, 0.25) is 5.91 Å². The van der Waals surface area contributed by atoms with Gasteiger partial charge in [-0.3, -0.25) is 4.79 Å². The van der Waals surface area contributed by atoms with Crippen LogP contribution in [0.1, 0.15) is 23.0 Å². The quantitative estimate of drug-likeness (QED) is 0.547. The maximum Gasteiger partial charge on any atom is 0.328 e. The van der Waals surface area contributed by atoms with Crippen LogP contribution < -0.4 is 5.73 Å². The van der Waals surface area contributed by atoms with Gasteiger partial charge in [-0.1, -0.05) is 0 Å². The molecule has 0 saturated carbocycles. The summed E-state index contributed by atoms with van der Waals surface area (Å²) in [6.07, 6.45) is -0.475. The number of aliphatic hydroxyl groups is 2. The number of aliphatic hydroxyl groups excluding tert-OH is 2. The number of amides is 1. The first-order valence-corrected chi connectivity index (χ1v) is 5.92. The fourth-order valence-corrected chi connectivity index (χ4v) is 2.13. The van der Waals surface area contributed by atoms with E-state index in [1.54, 1.807) is 11.4 Å². The molecule has 1 aromatic rings. The predicted molar refractivity (Wildman–Crippen MR) is 65.8 cm³/mol. The Labute approximate surface area is 107 Å². The van der Waals surface area contributed by atoms with Crippen LogP contribution in [0, 0.1) is 0 Å². The van der Waals surface area contributed by atoms with Gasteiger partial charge in [0, 0.05) is 11.0 Å². The third-order valence-corrected chi connectivity index (χ3v) is 3.06. The van der Waals surface area contributed by atoms with E-state index in [9.17, 15) is 19.8 Å². The van der Waals surface area contributed by atoms with E-state index in [4.69, 9.17) is 10.8 Å². The second-order valence-electron chi connectivity index (χ2n) is 3.64. The Morgan fingerprint density at radius 2 is 2.11 bits per heavy atom. The fourth-order valence-electron chi connectivity index (χ4n) is 1.30. The van der Waals surface area contributed by atoms with Crippen molar-refractivity contribution in [3.8, 4) is 0 Å². The molecule has 2 atom stereocenters. The normalized spacial score (nSPS) is 14.6. The van der Waals surface area contributed by atoms with Crippen molar-refractivity contribution in [2.24, 2.45) is 5.73 Å². The van der Waals surface area contributed by atoms with Crippen LogP contribution in [0.5, 0.6) is 0 Å². The first kappa shape index (κ1) is 14.4. The van der Waals surface area contributed by atoms with Gasteiger partial charge in [-0.05, 0) is 23.1 Å². The van der Waals surface area contributed by atoms with Gasteiger partial charge in [-0.25, -0.2) is 4.79 Å². The van der Waals surface area contributed by atoms with E-state index < -0.39 is 24.1 Å². The molecule has 0 aliphatic rings. The number of carboxylic acid groups (broad SMARTS) is 1. The zero-order valence-corrected chi connectivity index (χ0v) is 10.1. The maximum atomic E-state index is 10.6. The summed E-state index contributed by atoms with van der Waals surface area (Å²) in [7, 11) is 0. The molecule has 1 heterocycles. The van der Waals surface area contributed by atoms with Gasteiger partial charge in [0.1, 0.15) is 6.10 Å². The first-order chi connectivity index (χ1) is 8.40. The molecule has 18 heavy (non-hydrogen) atoms. The fraction of sp³-hybridized carbons (Fsp3) is 0.273. The van der Waals surface area contributed by atoms with Crippen molar-refractivity contribution in [1.82, 2.24) is 0 Å². The third-order valence-electron chi connectivity index (χ3n) is 2.15. The smallest absolute Gasteiger partial charge is 0.328 e. The predicted octanol–water partition coefficient (Wildman–Crippen LogP) is 0.116. The number of carbonyl (C=O) groups excluding carboxylic acids is 1. The van der Waals surface area contributed by atoms with E-state index in [2.05, 4.69) is 0 Å². The van der Waals surface area contributed by atoms with Gasteiger partial charge < -0.3 is 21.1 Å². The SMILES string of the molecule is NC(=O)CC(O)C(O)c1csc(/C=C/C(=O)O)c1. The van der Waals surface area contributed by atoms with Crippen molar-refractivity contribution < 1.29 is 24.9 Å². The average Bonchev–Trinajstić information content (AvgIpc) is 2.72. The Morgan fingerprint density at radius 3 is 2.67 bits per heavy atom. The molecule has 0 fully saturated rings. The van der Waals surface area contributed by atoms with Crippen LogP contribution in [0.25, 0.3) is 6.08 Å². The molecular formula is C11H13NO5S. The van der Waals surface area contributed by atoms with Gasteiger partial charge in [0.25, 0.3) is 0 Å². The highest BCUT2D eigenvalue weighted by atomic mass is 32.1. The van der Waals surface area contributed by atoms with Crippen molar-refractivity contribution in [3.05, 3.63) is 28.0 Å². The Hall–Kier alpha value is -1.70. The van der Waals surface area contributed by atoms with E-state index in [0.717, 1.165) is 6.08 Å². The standard InChI is InChI=1S/C11H13NO5S/c12-9(14)4-8(13)11(17)6-3-7(18-5-6)1-2-10(15)16/h1-3,5,8,11,13,17H,4H2,(H2,12,14)(H,15,16)/b2-1+. The van der Waals surface area contributed by atoms with Crippen LogP contribution >= 0.6 is 11.3 Å². The maximum absolute atomic E-state index is 10.6. The molecule has 7 heteroatoms. The van der Waals surface area contributed by atoms with E-state index in [1.165, 1.54) is 17.4 Å². The number of carbonyl (C=O) groups is 2. The number of hydrogen-bond acceptors (Lipinski definition) is 5. The molecule has 2 unspecified atom stereocenters. The van der Waals surface area contributed by atoms with Crippen LogP contribution in [-0.2, 0) is 9.59 Å². The number of primary amides is 1. The first-order valence-electron chi connectivity index (χ1n) is 5.04. The summed E-state index contributed by atoms with van der Waals surface area (Å²) in [4.78, 5) is 21.5. The van der Waals surface area contributed by atoms with Crippen LogP contribution in [0.4, 0.5) is 0 Å². The number of hydrogen-bond donors (Lipinski definition) is 4. The van der Waals surface area contributed by atoms with Gasteiger partial charge in [-0.15, -0.1) is 11.3 Å². The summed E-state index contributed by atoms with van der Waals surface area (Å²) in [5.74, 6) is -1.78. The van der Waals surface area contributed by atoms with E-state index in [0.29, 0.717) is 10.4 Å².